The van der Waals surface area contributed by atoms with Crippen LogP contribution in [0.25, 0.3) is 0 Å². The SMILES string of the molecule is CCOC(=O)c1cnc(C)nc1OCc1ccc(Cl)cc1Cl. The fraction of sp³-hybridized carbons (Fsp3) is 0.267. The molecule has 0 amide bonds. The first-order chi connectivity index (χ1) is 10.5. The molecule has 0 fully saturated rings. The number of hydrogen-bond acceptors (Lipinski definition) is 5. The van der Waals surface area contributed by atoms with Gasteiger partial charge in [0.2, 0.25) is 5.88 Å². The Bertz CT molecular complexity index is 692. The van der Waals surface area contributed by atoms with Crippen LogP contribution in [0.15, 0.2) is 24.4 Å². The van der Waals surface area contributed by atoms with Crippen molar-refractivity contribution in [2.75, 3.05) is 6.61 Å². The molecule has 0 spiro atoms. The van der Waals surface area contributed by atoms with Crippen molar-refractivity contribution in [3.63, 3.8) is 0 Å². The van der Waals surface area contributed by atoms with E-state index in [0.29, 0.717) is 15.9 Å². The normalized spacial score (nSPS) is 10.4. The lowest BCUT2D eigenvalue weighted by atomic mass is 10.2. The van der Waals surface area contributed by atoms with Crippen LogP contribution in [0, 0.1) is 6.92 Å². The number of carbonyl (C=O) groups excluding carboxylic acids is 1. The lowest BCUT2D eigenvalue weighted by Gasteiger charge is -2.11. The van der Waals surface area contributed by atoms with Crippen molar-refractivity contribution in [1.82, 2.24) is 9.97 Å². The first-order valence-electron chi connectivity index (χ1n) is 6.58. The van der Waals surface area contributed by atoms with E-state index in [-0.39, 0.29) is 24.7 Å². The van der Waals surface area contributed by atoms with E-state index in [1.807, 2.05) is 0 Å². The third-order valence-corrected chi connectivity index (χ3v) is 3.34. The fourth-order valence-corrected chi connectivity index (χ4v) is 2.16. The monoisotopic (exact) mass is 340 g/mol. The van der Waals surface area contributed by atoms with Crippen molar-refractivity contribution in [3.05, 3.63) is 51.4 Å². The molecular formula is C15H14Cl2N2O3. The number of esters is 1. The number of ether oxygens (including phenoxy) is 2. The molecule has 1 aromatic heterocycles. The lowest BCUT2D eigenvalue weighted by Crippen LogP contribution is -2.11. The van der Waals surface area contributed by atoms with Gasteiger partial charge in [0.15, 0.2) is 0 Å². The van der Waals surface area contributed by atoms with Crippen molar-refractivity contribution >= 4 is 29.2 Å². The van der Waals surface area contributed by atoms with E-state index < -0.39 is 5.97 Å². The largest absolute Gasteiger partial charge is 0.472 e. The Hall–Kier alpha value is -1.85. The molecule has 5 nitrogen and oxygen atoms in total. The highest BCUT2D eigenvalue weighted by atomic mass is 35.5. The van der Waals surface area contributed by atoms with Gasteiger partial charge < -0.3 is 9.47 Å². The summed E-state index contributed by atoms with van der Waals surface area (Å²) in [5, 5.41) is 1.02. The molecule has 0 aliphatic heterocycles. The van der Waals surface area contributed by atoms with E-state index in [4.69, 9.17) is 32.7 Å². The lowest BCUT2D eigenvalue weighted by molar-refractivity contribution is 0.0519. The zero-order valence-electron chi connectivity index (χ0n) is 12.1. The van der Waals surface area contributed by atoms with Crippen molar-refractivity contribution in [2.45, 2.75) is 20.5 Å². The Balaban J connectivity index is 2.21. The van der Waals surface area contributed by atoms with Crippen LogP contribution in [0.4, 0.5) is 0 Å². The number of hydrogen-bond donors (Lipinski definition) is 0. The molecule has 2 aromatic rings. The Morgan fingerprint density at radius 3 is 2.77 bits per heavy atom. The van der Waals surface area contributed by atoms with Crippen LogP contribution in [0.2, 0.25) is 10.0 Å². The Morgan fingerprint density at radius 2 is 2.09 bits per heavy atom. The van der Waals surface area contributed by atoms with Gasteiger partial charge in [-0.3, -0.25) is 0 Å². The molecule has 7 heteroatoms. The summed E-state index contributed by atoms with van der Waals surface area (Å²) in [6, 6.07) is 5.09. The number of carbonyl (C=O) groups is 1. The van der Waals surface area contributed by atoms with Crippen LogP contribution in [-0.4, -0.2) is 22.5 Å². The third-order valence-electron chi connectivity index (χ3n) is 2.75. The molecule has 0 bridgehead atoms. The molecule has 1 aromatic carbocycles. The zero-order chi connectivity index (χ0) is 16.1. The molecule has 0 saturated heterocycles. The van der Waals surface area contributed by atoms with Gasteiger partial charge in [0, 0.05) is 21.8 Å². The molecule has 0 aliphatic rings. The van der Waals surface area contributed by atoms with Gasteiger partial charge in [0.25, 0.3) is 0 Å². The number of aryl methyl sites for hydroxylation is 1. The molecule has 0 saturated carbocycles. The average molecular weight is 341 g/mol. The number of aromatic nitrogens is 2. The second kappa shape index (κ2) is 7.42. The van der Waals surface area contributed by atoms with Crippen LogP contribution in [0.1, 0.15) is 28.7 Å². The van der Waals surface area contributed by atoms with Gasteiger partial charge in [-0.05, 0) is 26.0 Å². The number of halogens is 2. The molecule has 1 heterocycles. The summed E-state index contributed by atoms with van der Waals surface area (Å²) >= 11 is 11.9. The minimum atomic E-state index is -0.528. The van der Waals surface area contributed by atoms with Crippen LogP contribution in [0.3, 0.4) is 0 Å². The van der Waals surface area contributed by atoms with Crippen molar-refractivity contribution in [2.24, 2.45) is 0 Å². The average Bonchev–Trinajstić information content (AvgIpc) is 2.46. The van der Waals surface area contributed by atoms with Crippen LogP contribution in [-0.2, 0) is 11.3 Å². The summed E-state index contributed by atoms with van der Waals surface area (Å²) < 4.78 is 10.6. The van der Waals surface area contributed by atoms with Gasteiger partial charge in [0.05, 0.1) is 6.61 Å². The summed E-state index contributed by atoms with van der Waals surface area (Å²) in [6.07, 6.45) is 1.39. The first-order valence-corrected chi connectivity index (χ1v) is 7.34. The van der Waals surface area contributed by atoms with E-state index in [1.165, 1.54) is 6.20 Å². The van der Waals surface area contributed by atoms with Gasteiger partial charge in [-0.2, -0.15) is 4.98 Å². The number of rotatable bonds is 5. The van der Waals surface area contributed by atoms with Crippen LogP contribution < -0.4 is 4.74 Å². The maximum atomic E-state index is 11.9. The Kier molecular flexibility index (Phi) is 5.57. The number of benzene rings is 1. The van der Waals surface area contributed by atoms with Crippen LogP contribution >= 0.6 is 23.2 Å². The van der Waals surface area contributed by atoms with E-state index in [2.05, 4.69) is 9.97 Å². The Labute approximate surface area is 138 Å². The maximum Gasteiger partial charge on any atom is 0.345 e. The minimum Gasteiger partial charge on any atom is -0.472 e. The molecule has 0 unspecified atom stereocenters. The van der Waals surface area contributed by atoms with Gasteiger partial charge in [-0.25, -0.2) is 9.78 Å². The summed E-state index contributed by atoms with van der Waals surface area (Å²) in [7, 11) is 0. The van der Waals surface area contributed by atoms with E-state index in [1.54, 1.807) is 32.0 Å². The fourth-order valence-electron chi connectivity index (χ4n) is 1.69. The molecule has 0 N–H and O–H groups in total. The van der Waals surface area contributed by atoms with Crippen molar-refractivity contribution in [1.29, 1.82) is 0 Å². The summed E-state index contributed by atoms with van der Waals surface area (Å²) in [6.45, 7) is 3.84. The van der Waals surface area contributed by atoms with Gasteiger partial charge in [-0.1, -0.05) is 29.3 Å². The molecule has 0 atom stereocenters. The second-order valence-electron chi connectivity index (χ2n) is 4.38. The molecule has 2 rings (SSSR count). The van der Waals surface area contributed by atoms with Gasteiger partial charge >= 0.3 is 5.97 Å². The maximum absolute atomic E-state index is 11.9. The molecule has 116 valence electrons. The first kappa shape index (κ1) is 16.5. The molecule has 0 radical (unpaired) electrons. The predicted octanol–water partition coefficient (Wildman–Crippen LogP) is 3.85. The summed E-state index contributed by atoms with van der Waals surface area (Å²) in [4.78, 5) is 20.0. The Morgan fingerprint density at radius 1 is 1.32 bits per heavy atom. The summed E-state index contributed by atoms with van der Waals surface area (Å²) in [5.74, 6) is 0.127. The molecule has 22 heavy (non-hydrogen) atoms. The second-order valence-corrected chi connectivity index (χ2v) is 5.22. The van der Waals surface area contributed by atoms with E-state index in [0.717, 1.165) is 5.56 Å². The summed E-state index contributed by atoms with van der Waals surface area (Å²) in [5.41, 5.74) is 0.912. The standard InChI is InChI=1S/C15H14Cl2N2O3/c1-3-21-15(20)12-7-18-9(2)19-14(12)22-8-10-4-5-11(16)6-13(10)17/h4-7H,3,8H2,1-2H3. The number of nitrogens with zero attached hydrogens (tertiary/aromatic N) is 2. The quantitative estimate of drug-likeness (QED) is 0.773. The van der Waals surface area contributed by atoms with Crippen molar-refractivity contribution < 1.29 is 14.3 Å². The zero-order valence-corrected chi connectivity index (χ0v) is 13.6. The van der Waals surface area contributed by atoms with E-state index in [9.17, 15) is 4.79 Å². The van der Waals surface area contributed by atoms with Gasteiger partial charge in [-0.15, -0.1) is 0 Å². The predicted molar refractivity (Wildman–Crippen MR) is 83.5 cm³/mol. The van der Waals surface area contributed by atoms with Gasteiger partial charge in [0.1, 0.15) is 18.0 Å². The van der Waals surface area contributed by atoms with Crippen LogP contribution in [0.5, 0.6) is 5.88 Å². The van der Waals surface area contributed by atoms with E-state index >= 15 is 0 Å². The highest BCUT2D eigenvalue weighted by Crippen LogP contribution is 2.23. The van der Waals surface area contributed by atoms with Crippen molar-refractivity contribution in [3.8, 4) is 5.88 Å². The third kappa shape index (κ3) is 4.08. The minimum absolute atomic E-state index is 0.152. The highest BCUT2D eigenvalue weighted by molar-refractivity contribution is 6.35. The highest BCUT2D eigenvalue weighted by Gasteiger charge is 2.17. The molecular weight excluding hydrogens is 327 g/mol. The topological polar surface area (TPSA) is 61.3 Å². The smallest absolute Gasteiger partial charge is 0.345 e. The molecule has 0 aliphatic carbocycles.